The van der Waals surface area contributed by atoms with Crippen molar-refractivity contribution in [2.75, 3.05) is 22.5 Å². The van der Waals surface area contributed by atoms with Gasteiger partial charge in [0.05, 0.1) is 5.56 Å². The van der Waals surface area contributed by atoms with Crippen LogP contribution in [-0.2, 0) is 12.0 Å². The fourth-order valence-electron chi connectivity index (χ4n) is 4.52. The van der Waals surface area contributed by atoms with Crippen LogP contribution in [0.5, 0.6) is 0 Å². The summed E-state index contributed by atoms with van der Waals surface area (Å²) in [5.74, 6) is -0.795. The molecule has 1 aromatic heterocycles. The molecule has 0 atom stereocenters. The highest BCUT2D eigenvalue weighted by atomic mass is 19.4. The molecule has 2 aliphatic rings. The lowest BCUT2D eigenvalue weighted by molar-refractivity contribution is -0.296. The van der Waals surface area contributed by atoms with Crippen LogP contribution in [0.25, 0.3) is 0 Å². The molecule has 2 aromatic carbocycles. The van der Waals surface area contributed by atoms with Crippen molar-refractivity contribution in [2.45, 2.75) is 24.3 Å². The van der Waals surface area contributed by atoms with Gasteiger partial charge in [-0.3, -0.25) is 9.59 Å². The van der Waals surface area contributed by atoms with E-state index in [1.807, 2.05) is 0 Å². The van der Waals surface area contributed by atoms with E-state index in [0.717, 1.165) is 12.1 Å². The molecule has 0 radical (unpaired) electrons. The number of hydrogen-bond donors (Lipinski definition) is 4. The summed E-state index contributed by atoms with van der Waals surface area (Å²) in [6.07, 6.45) is -9.73. The highest BCUT2D eigenvalue weighted by Gasteiger charge is 2.73. The van der Waals surface area contributed by atoms with E-state index in [1.54, 1.807) is 18.2 Å². The van der Waals surface area contributed by atoms with E-state index < -0.39 is 35.8 Å². The average molecular weight is 521 g/mol. The van der Waals surface area contributed by atoms with E-state index in [0.29, 0.717) is 22.9 Å². The van der Waals surface area contributed by atoms with E-state index in [-0.39, 0.29) is 35.2 Å². The third-order valence-corrected chi connectivity index (χ3v) is 6.40. The highest BCUT2D eigenvalue weighted by Crippen LogP contribution is 2.56. The standard InChI is InChI=1S/C24H17F6N5O2/c25-23(26,27)22(24(28,29)30)11-33-18-9-12(6-7-16(18)22)34-21(37)14-4-2-8-31-19(14)35-17-5-1-3-13-15(17)10-32-20(13)36/h1-9,33H,10-11H2,(H,31,35)(H,32,36)(H,34,37). The Morgan fingerprint density at radius 2 is 1.73 bits per heavy atom. The maximum absolute atomic E-state index is 13.6. The fraction of sp³-hybridized carbons (Fsp3) is 0.208. The molecule has 0 spiro atoms. The van der Waals surface area contributed by atoms with Gasteiger partial charge in [-0.25, -0.2) is 4.98 Å². The van der Waals surface area contributed by atoms with Crippen LogP contribution < -0.4 is 21.3 Å². The zero-order chi connectivity index (χ0) is 26.6. The third-order valence-electron chi connectivity index (χ3n) is 6.40. The summed E-state index contributed by atoms with van der Waals surface area (Å²) in [5, 5.41) is 10.4. The number of alkyl halides is 6. The second-order valence-corrected chi connectivity index (χ2v) is 8.51. The lowest BCUT2D eigenvalue weighted by Crippen LogP contribution is -2.55. The first-order valence-corrected chi connectivity index (χ1v) is 10.9. The maximum Gasteiger partial charge on any atom is 0.409 e. The smallest absolute Gasteiger partial charge is 0.383 e. The van der Waals surface area contributed by atoms with Gasteiger partial charge in [0, 0.05) is 53.0 Å². The van der Waals surface area contributed by atoms with E-state index >= 15 is 0 Å². The second-order valence-electron chi connectivity index (χ2n) is 8.51. The molecule has 0 saturated heterocycles. The van der Waals surface area contributed by atoms with Crippen LogP contribution in [-0.4, -0.2) is 35.7 Å². The predicted molar refractivity (Wildman–Crippen MR) is 122 cm³/mol. The second kappa shape index (κ2) is 8.39. The van der Waals surface area contributed by atoms with Gasteiger partial charge in [-0.2, -0.15) is 26.3 Å². The Labute approximate surface area is 205 Å². The zero-order valence-corrected chi connectivity index (χ0v) is 18.6. The Kier molecular flexibility index (Phi) is 5.53. The van der Waals surface area contributed by atoms with Gasteiger partial charge >= 0.3 is 12.4 Å². The Balaban J connectivity index is 1.42. The number of carbonyl (C=O) groups is 2. The van der Waals surface area contributed by atoms with Gasteiger partial charge in [0.15, 0.2) is 0 Å². The van der Waals surface area contributed by atoms with Crippen LogP contribution in [0, 0.1) is 0 Å². The summed E-state index contributed by atoms with van der Waals surface area (Å²) in [5.41, 5.74) is -3.64. The Morgan fingerprint density at radius 1 is 0.973 bits per heavy atom. The van der Waals surface area contributed by atoms with Crippen LogP contribution in [0.15, 0.2) is 54.7 Å². The minimum Gasteiger partial charge on any atom is -0.383 e. The summed E-state index contributed by atoms with van der Waals surface area (Å²) < 4.78 is 81.5. The summed E-state index contributed by atoms with van der Waals surface area (Å²) in [6.45, 7) is -1.12. The van der Waals surface area contributed by atoms with Crippen molar-refractivity contribution in [2.24, 2.45) is 0 Å². The number of aromatic nitrogens is 1. The maximum atomic E-state index is 13.6. The van der Waals surface area contributed by atoms with Gasteiger partial charge in [0.25, 0.3) is 11.8 Å². The molecule has 3 aromatic rings. The average Bonchev–Trinajstić information content (AvgIpc) is 3.41. The monoisotopic (exact) mass is 521 g/mol. The van der Waals surface area contributed by atoms with E-state index in [4.69, 9.17) is 0 Å². The Morgan fingerprint density at radius 3 is 2.46 bits per heavy atom. The first-order valence-electron chi connectivity index (χ1n) is 10.9. The normalized spacial score (nSPS) is 15.9. The molecule has 3 heterocycles. The molecule has 13 heteroatoms. The number of nitrogens with zero attached hydrogens (tertiary/aromatic N) is 1. The van der Waals surface area contributed by atoms with Crippen LogP contribution in [0.4, 0.5) is 49.2 Å². The SMILES string of the molecule is O=C(Nc1ccc2c(c1)NCC2(C(F)(F)F)C(F)(F)F)c1cccnc1Nc1cccc2c1CNC2=O. The molecule has 192 valence electrons. The summed E-state index contributed by atoms with van der Waals surface area (Å²) >= 11 is 0. The molecule has 0 fully saturated rings. The first kappa shape index (κ1) is 24.4. The number of anilines is 4. The van der Waals surface area contributed by atoms with Gasteiger partial charge in [-0.05, 0) is 36.4 Å². The summed E-state index contributed by atoms with van der Waals surface area (Å²) in [7, 11) is 0. The summed E-state index contributed by atoms with van der Waals surface area (Å²) in [6, 6.07) is 10.7. The van der Waals surface area contributed by atoms with E-state index in [2.05, 4.69) is 26.3 Å². The van der Waals surface area contributed by atoms with Gasteiger partial charge in [0.1, 0.15) is 5.82 Å². The van der Waals surface area contributed by atoms with Crippen molar-refractivity contribution in [3.05, 3.63) is 77.0 Å². The van der Waals surface area contributed by atoms with E-state index in [9.17, 15) is 35.9 Å². The fourth-order valence-corrected chi connectivity index (χ4v) is 4.52. The molecule has 0 aliphatic carbocycles. The summed E-state index contributed by atoms with van der Waals surface area (Å²) in [4.78, 5) is 29.1. The number of carbonyl (C=O) groups excluding carboxylic acids is 2. The van der Waals surface area contributed by atoms with Crippen LogP contribution in [0.2, 0.25) is 0 Å². The minimum atomic E-state index is -5.58. The van der Waals surface area contributed by atoms with Gasteiger partial charge in [-0.1, -0.05) is 12.1 Å². The van der Waals surface area contributed by atoms with Gasteiger partial charge in [0.2, 0.25) is 5.41 Å². The first-order chi connectivity index (χ1) is 17.4. The molecule has 4 N–H and O–H groups in total. The number of halogens is 6. The van der Waals surface area contributed by atoms with E-state index in [1.165, 1.54) is 18.3 Å². The molecule has 0 bridgehead atoms. The minimum absolute atomic E-state index is 0.0124. The molecule has 7 nitrogen and oxygen atoms in total. The molecule has 0 unspecified atom stereocenters. The van der Waals surface area contributed by atoms with Gasteiger partial charge in [-0.15, -0.1) is 0 Å². The van der Waals surface area contributed by atoms with Gasteiger partial charge < -0.3 is 21.3 Å². The van der Waals surface area contributed by atoms with Crippen LogP contribution in [0.1, 0.15) is 31.8 Å². The quantitative estimate of drug-likeness (QED) is 0.358. The largest absolute Gasteiger partial charge is 0.409 e. The van der Waals surface area contributed by atoms with Crippen molar-refractivity contribution in [1.82, 2.24) is 10.3 Å². The number of pyridine rings is 1. The van der Waals surface area contributed by atoms with Crippen molar-refractivity contribution in [3.8, 4) is 0 Å². The molecular formula is C24H17F6N5O2. The zero-order valence-electron chi connectivity index (χ0n) is 18.6. The van der Waals surface area contributed by atoms with Crippen LogP contribution in [0.3, 0.4) is 0 Å². The lowest BCUT2D eigenvalue weighted by Gasteiger charge is -2.33. The molecule has 5 rings (SSSR count). The van der Waals surface area contributed by atoms with Crippen molar-refractivity contribution >= 4 is 34.7 Å². The number of benzene rings is 2. The topological polar surface area (TPSA) is 95.2 Å². The third kappa shape index (κ3) is 3.90. The number of hydrogen-bond acceptors (Lipinski definition) is 5. The van der Waals surface area contributed by atoms with Crippen molar-refractivity contribution in [1.29, 1.82) is 0 Å². The van der Waals surface area contributed by atoms with Crippen molar-refractivity contribution in [3.63, 3.8) is 0 Å². The molecule has 2 aliphatic heterocycles. The lowest BCUT2D eigenvalue weighted by atomic mass is 9.80. The predicted octanol–water partition coefficient (Wildman–Crippen LogP) is 5.11. The number of fused-ring (bicyclic) bond motifs is 2. The molecule has 0 saturated carbocycles. The molecular weight excluding hydrogens is 504 g/mol. The Bertz CT molecular complexity index is 1410. The molecule has 2 amide bonds. The number of amides is 2. The number of rotatable bonds is 4. The highest BCUT2D eigenvalue weighted by molar-refractivity contribution is 6.08. The Hall–Kier alpha value is -4.29. The number of nitrogens with one attached hydrogen (secondary N) is 4. The van der Waals surface area contributed by atoms with Crippen LogP contribution >= 0.6 is 0 Å². The molecule has 37 heavy (non-hydrogen) atoms. The van der Waals surface area contributed by atoms with Crippen molar-refractivity contribution < 1.29 is 35.9 Å².